The van der Waals surface area contributed by atoms with Gasteiger partial charge in [0.15, 0.2) is 0 Å². The van der Waals surface area contributed by atoms with Crippen LogP contribution in [0.2, 0.25) is 0 Å². The number of benzene rings is 2. The van der Waals surface area contributed by atoms with E-state index in [2.05, 4.69) is 5.32 Å². The van der Waals surface area contributed by atoms with E-state index in [1.165, 1.54) is 0 Å². The Morgan fingerprint density at radius 3 is 1.54 bits per heavy atom. The Labute approximate surface area is 164 Å². The molecular formula is C21H25N3O4. The van der Waals surface area contributed by atoms with Crippen LogP contribution < -0.4 is 5.32 Å². The van der Waals surface area contributed by atoms with Crippen LogP contribution in [0.5, 0.6) is 0 Å². The van der Waals surface area contributed by atoms with Crippen molar-refractivity contribution in [1.82, 2.24) is 5.32 Å². The Kier molecular flexibility index (Phi) is 5.21. The maximum atomic E-state index is 12.0. The van der Waals surface area contributed by atoms with Gasteiger partial charge in [-0.2, -0.15) is 0 Å². The maximum Gasteiger partial charge on any atom is 0.243 e. The van der Waals surface area contributed by atoms with Crippen LogP contribution in [0, 0.1) is 39.5 Å². The van der Waals surface area contributed by atoms with E-state index in [1.54, 1.807) is 13.8 Å². The van der Waals surface area contributed by atoms with Crippen LogP contribution in [0.15, 0.2) is 48.5 Å². The summed E-state index contributed by atoms with van der Waals surface area (Å²) in [6, 6.07) is 11.5. The number of rotatable bonds is 4. The molecule has 0 saturated carbocycles. The van der Waals surface area contributed by atoms with Crippen molar-refractivity contribution in [1.29, 1.82) is 0 Å². The van der Waals surface area contributed by atoms with Gasteiger partial charge < -0.3 is 0 Å². The summed E-state index contributed by atoms with van der Waals surface area (Å²) >= 11 is 0. The molecule has 4 atom stereocenters. The molecule has 0 spiro atoms. The number of hydrogen-bond acceptors (Lipinski definition) is 5. The molecule has 2 aromatic carbocycles. The van der Waals surface area contributed by atoms with E-state index in [1.807, 2.05) is 62.4 Å². The first-order valence-corrected chi connectivity index (χ1v) is 9.29. The van der Waals surface area contributed by atoms with E-state index < -0.39 is 29.6 Å². The SMILES string of the molecule is Cc1cccc([C@H]2N[C@@H](c3cccc(C)c3)[C@@H]([N+](=O)[O-])C(C)(C)[C@@H]2[N+](=O)[O-])c1. The lowest BCUT2D eigenvalue weighted by atomic mass is 9.66. The molecule has 1 saturated heterocycles. The number of hydrogen-bond donors (Lipinski definition) is 1. The zero-order chi connectivity index (χ0) is 20.6. The first-order valence-electron chi connectivity index (χ1n) is 9.29. The van der Waals surface area contributed by atoms with Gasteiger partial charge in [0.1, 0.15) is 17.5 Å². The second kappa shape index (κ2) is 7.31. The molecule has 2 aromatic rings. The third-order valence-electron chi connectivity index (χ3n) is 5.77. The van der Waals surface area contributed by atoms with Crippen molar-refractivity contribution in [2.24, 2.45) is 5.41 Å². The fraction of sp³-hybridized carbons (Fsp3) is 0.429. The molecule has 1 fully saturated rings. The molecule has 0 aromatic heterocycles. The van der Waals surface area contributed by atoms with Gasteiger partial charge in [-0.25, -0.2) is 0 Å². The van der Waals surface area contributed by atoms with E-state index >= 15 is 0 Å². The molecule has 28 heavy (non-hydrogen) atoms. The van der Waals surface area contributed by atoms with E-state index in [4.69, 9.17) is 0 Å². The average molecular weight is 383 g/mol. The van der Waals surface area contributed by atoms with Crippen molar-refractivity contribution in [3.63, 3.8) is 0 Å². The Hall–Kier alpha value is -2.80. The predicted molar refractivity (Wildman–Crippen MR) is 106 cm³/mol. The fourth-order valence-corrected chi connectivity index (χ4v) is 4.48. The number of aryl methyl sites for hydroxylation is 2. The zero-order valence-electron chi connectivity index (χ0n) is 16.5. The fourth-order valence-electron chi connectivity index (χ4n) is 4.48. The lowest BCUT2D eigenvalue weighted by Crippen LogP contribution is -2.63. The summed E-state index contributed by atoms with van der Waals surface area (Å²) in [7, 11) is 0. The molecular weight excluding hydrogens is 358 g/mol. The summed E-state index contributed by atoms with van der Waals surface area (Å²) < 4.78 is 0. The molecule has 1 N–H and O–H groups in total. The smallest absolute Gasteiger partial charge is 0.243 e. The van der Waals surface area contributed by atoms with E-state index in [0.29, 0.717) is 0 Å². The third kappa shape index (κ3) is 3.49. The number of nitro groups is 2. The Morgan fingerprint density at radius 1 is 0.821 bits per heavy atom. The third-order valence-corrected chi connectivity index (χ3v) is 5.77. The van der Waals surface area contributed by atoms with Crippen molar-refractivity contribution in [2.75, 3.05) is 0 Å². The van der Waals surface area contributed by atoms with E-state index in [9.17, 15) is 20.2 Å². The Bertz CT molecular complexity index is 841. The van der Waals surface area contributed by atoms with Crippen molar-refractivity contribution >= 4 is 0 Å². The van der Waals surface area contributed by atoms with Crippen molar-refractivity contribution < 1.29 is 9.85 Å². The summed E-state index contributed by atoms with van der Waals surface area (Å²) in [6.45, 7) is 7.13. The summed E-state index contributed by atoms with van der Waals surface area (Å²) in [5.41, 5.74) is 2.36. The highest BCUT2D eigenvalue weighted by Crippen LogP contribution is 2.46. The molecule has 0 aliphatic carbocycles. The van der Waals surface area contributed by atoms with Gasteiger partial charge in [0.2, 0.25) is 12.1 Å². The van der Waals surface area contributed by atoms with Gasteiger partial charge in [0.05, 0.1) is 0 Å². The lowest BCUT2D eigenvalue weighted by molar-refractivity contribution is -0.605. The first kappa shape index (κ1) is 19.9. The van der Waals surface area contributed by atoms with Gasteiger partial charge in [0, 0.05) is 9.85 Å². The lowest BCUT2D eigenvalue weighted by Gasteiger charge is -2.44. The second-order valence-corrected chi connectivity index (χ2v) is 8.23. The molecule has 7 heteroatoms. The van der Waals surface area contributed by atoms with Crippen molar-refractivity contribution in [2.45, 2.75) is 51.9 Å². The highest BCUT2D eigenvalue weighted by Gasteiger charge is 2.62. The molecule has 1 aliphatic rings. The zero-order valence-corrected chi connectivity index (χ0v) is 16.5. The second-order valence-electron chi connectivity index (χ2n) is 8.23. The topological polar surface area (TPSA) is 98.3 Å². The summed E-state index contributed by atoms with van der Waals surface area (Å²) in [4.78, 5) is 23.3. The van der Waals surface area contributed by atoms with Crippen LogP contribution in [0.3, 0.4) is 0 Å². The number of nitrogens with zero attached hydrogens (tertiary/aromatic N) is 2. The maximum absolute atomic E-state index is 12.0. The Balaban J connectivity index is 2.18. The minimum absolute atomic E-state index is 0.372. The predicted octanol–water partition coefficient (Wildman–Crippen LogP) is 4.01. The van der Waals surface area contributed by atoms with Gasteiger partial charge in [-0.05, 0) is 38.8 Å². The minimum atomic E-state index is -1.17. The highest BCUT2D eigenvalue weighted by molar-refractivity contribution is 5.32. The molecule has 0 unspecified atom stereocenters. The summed E-state index contributed by atoms with van der Waals surface area (Å²) in [6.07, 6.45) is 0. The largest absolute Gasteiger partial charge is 0.291 e. The average Bonchev–Trinajstić information content (AvgIpc) is 2.59. The van der Waals surface area contributed by atoms with Crippen LogP contribution in [0.1, 0.15) is 48.2 Å². The van der Waals surface area contributed by atoms with Gasteiger partial charge in [-0.15, -0.1) is 0 Å². The Morgan fingerprint density at radius 2 is 1.21 bits per heavy atom. The van der Waals surface area contributed by atoms with Gasteiger partial charge >= 0.3 is 0 Å². The summed E-state index contributed by atoms with van der Waals surface area (Å²) in [5.74, 6) is 0. The number of nitrogens with one attached hydrogen (secondary N) is 1. The molecule has 1 heterocycles. The van der Waals surface area contributed by atoms with Crippen molar-refractivity contribution in [3.8, 4) is 0 Å². The van der Waals surface area contributed by atoms with Crippen LogP contribution in [0.25, 0.3) is 0 Å². The molecule has 3 rings (SSSR count). The normalized spacial score (nSPS) is 26.6. The van der Waals surface area contributed by atoms with Crippen LogP contribution in [-0.2, 0) is 0 Å². The molecule has 7 nitrogen and oxygen atoms in total. The van der Waals surface area contributed by atoms with Crippen LogP contribution >= 0.6 is 0 Å². The van der Waals surface area contributed by atoms with Gasteiger partial charge in [0.25, 0.3) is 0 Å². The quantitative estimate of drug-likeness (QED) is 0.635. The summed E-state index contributed by atoms with van der Waals surface area (Å²) in [5, 5.41) is 27.4. The standard InChI is InChI=1S/C21H25N3O4/c1-13-7-5-9-15(11-13)17-19(23(25)26)21(3,4)20(24(27)28)18(22-17)16-10-6-8-14(2)12-16/h5-12,17-20,22H,1-4H3/t17-,18+,19-,20-/m1/s1. The van der Waals surface area contributed by atoms with Crippen molar-refractivity contribution in [3.05, 3.63) is 91.0 Å². The van der Waals surface area contributed by atoms with Gasteiger partial charge in [-0.1, -0.05) is 59.7 Å². The number of piperidine rings is 1. The van der Waals surface area contributed by atoms with E-state index in [0.717, 1.165) is 22.3 Å². The van der Waals surface area contributed by atoms with Crippen LogP contribution in [-0.4, -0.2) is 21.9 Å². The molecule has 0 bridgehead atoms. The van der Waals surface area contributed by atoms with Gasteiger partial charge in [-0.3, -0.25) is 25.5 Å². The highest BCUT2D eigenvalue weighted by atomic mass is 16.6. The molecule has 148 valence electrons. The first-order chi connectivity index (χ1) is 13.1. The minimum Gasteiger partial charge on any atom is -0.291 e. The van der Waals surface area contributed by atoms with E-state index in [-0.39, 0.29) is 9.85 Å². The molecule has 1 aliphatic heterocycles. The monoisotopic (exact) mass is 383 g/mol. The van der Waals surface area contributed by atoms with Crippen LogP contribution in [0.4, 0.5) is 0 Å². The molecule has 0 radical (unpaired) electrons. The molecule has 0 amide bonds.